The molecule has 0 saturated carbocycles. The summed E-state index contributed by atoms with van der Waals surface area (Å²) in [6.07, 6.45) is 1.01. The maximum Gasteiger partial charge on any atom is 0.275 e. The first-order valence-electron chi connectivity index (χ1n) is 8.38. The Morgan fingerprint density at radius 3 is 2.63 bits per heavy atom. The zero-order valence-electron chi connectivity index (χ0n) is 14.7. The maximum atomic E-state index is 12.4. The third kappa shape index (κ3) is 5.15. The molecule has 27 heavy (non-hydrogen) atoms. The van der Waals surface area contributed by atoms with Gasteiger partial charge in [-0.15, -0.1) is 11.3 Å². The molecule has 2 N–H and O–H groups in total. The summed E-state index contributed by atoms with van der Waals surface area (Å²) >= 11 is 7.28. The first kappa shape index (κ1) is 19.1. The van der Waals surface area contributed by atoms with E-state index in [9.17, 15) is 9.59 Å². The van der Waals surface area contributed by atoms with Gasteiger partial charge in [0.2, 0.25) is 5.91 Å². The van der Waals surface area contributed by atoms with Gasteiger partial charge in [-0.05, 0) is 36.6 Å². The van der Waals surface area contributed by atoms with Crippen LogP contribution in [0.4, 0.5) is 10.8 Å². The van der Waals surface area contributed by atoms with Crippen LogP contribution in [0.15, 0.2) is 53.9 Å². The van der Waals surface area contributed by atoms with Crippen molar-refractivity contribution in [1.82, 2.24) is 4.98 Å². The second-order valence-corrected chi connectivity index (χ2v) is 7.20. The van der Waals surface area contributed by atoms with Crippen LogP contribution in [-0.2, 0) is 11.2 Å². The van der Waals surface area contributed by atoms with Crippen LogP contribution >= 0.6 is 22.9 Å². The number of aromatic nitrogens is 1. The second-order valence-electron chi connectivity index (χ2n) is 5.94. The standard InChI is InChI=1S/C20H18ClN3O2S/c1-13-15(21)8-5-9-16(13)22-19(26)17-12-27-20(23-17)24-18(25)11-10-14-6-3-2-4-7-14/h2-9,12H,10-11H2,1H3,(H,22,26)(H,23,24,25). The van der Waals surface area contributed by atoms with Crippen LogP contribution in [0.25, 0.3) is 0 Å². The van der Waals surface area contributed by atoms with Crippen LogP contribution in [0.2, 0.25) is 5.02 Å². The summed E-state index contributed by atoms with van der Waals surface area (Å²) in [6, 6.07) is 15.1. The minimum Gasteiger partial charge on any atom is -0.320 e. The van der Waals surface area contributed by atoms with Crippen LogP contribution in [0.3, 0.4) is 0 Å². The summed E-state index contributed by atoms with van der Waals surface area (Å²) in [6.45, 7) is 1.83. The molecule has 1 aromatic heterocycles. The van der Waals surface area contributed by atoms with Gasteiger partial charge in [0.25, 0.3) is 5.91 Å². The lowest BCUT2D eigenvalue weighted by Crippen LogP contribution is -2.15. The number of rotatable bonds is 6. The largest absolute Gasteiger partial charge is 0.320 e. The highest BCUT2D eigenvalue weighted by Gasteiger charge is 2.14. The summed E-state index contributed by atoms with van der Waals surface area (Å²) < 4.78 is 0. The van der Waals surface area contributed by atoms with Crippen LogP contribution < -0.4 is 10.6 Å². The lowest BCUT2D eigenvalue weighted by Gasteiger charge is -2.08. The molecule has 0 aliphatic rings. The minimum atomic E-state index is -0.346. The molecular weight excluding hydrogens is 382 g/mol. The minimum absolute atomic E-state index is 0.133. The first-order chi connectivity index (χ1) is 13.0. The molecule has 3 aromatic rings. The number of nitrogens with zero attached hydrogens (tertiary/aromatic N) is 1. The van der Waals surface area contributed by atoms with Crippen molar-refractivity contribution < 1.29 is 9.59 Å². The smallest absolute Gasteiger partial charge is 0.275 e. The zero-order valence-corrected chi connectivity index (χ0v) is 16.2. The molecule has 2 amide bonds. The van der Waals surface area contributed by atoms with Gasteiger partial charge in [-0.1, -0.05) is 48.0 Å². The van der Waals surface area contributed by atoms with Crippen LogP contribution in [0, 0.1) is 6.92 Å². The number of benzene rings is 2. The molecule has 0 atom stereocenters. The molecule has 7 heteroatoms. The number of halogens is 1. The van der Waals surface area contributed by atoms with Crippen LogP contribution in [0.1, 0.15) is 28.0 Å². The fraction of sp³-hybridized carbons (Fsp3) is 0.150. The molecule has 138 valence electrons. The van der Waals surface area contributed by atoms with Gasteiger partial charge < -0.3 is 10.6 Å². The number of carbonyl (C=O) groups excluding carboxylic acids is 2. The van der Waals surface area contributed by atoms with E-state index in [0.717, 1.165) is 11.1 Å². The van der Waals surface area contributed by atoms with Gasteiger partial charge in [0, 0.05) is 22.5 Å². The Morgan fingerprint density at radius 2 is 1.85 bits per heavy atom. The van der Waals surface area contributed by atoms with Gasteiger partial charge in [0.1, 0.15) is 5.69 Å². The van der Waals surface area contributed by atoms with E-state index >= 15 is 0 Å². The summed E-state index contributed by atoms with van der Waals surface area (Å²) in [5.74, 6) is -0.479. The van der Waals surface area contributed by atoms with E-state index in [1.165, 1.54) is 11.3 Å². The van der Waals surface area contributed by atoms with E-state index in [2.05, 4.69) is 15.6 Å². The Labute approximate surface area is 166 Å². The number of amides is 2. The molecule has 5 nitrogen and oxygen atoms in total. The number of anilines is 2. The first-order valence-corrected chi connectivity index (χ1v) is 9.64. The van der Waals surface area contributed by atoms with Crippen molar-refractivity contribution in [2.45, 2.75) is 19.8 Å². The lowest BCUT2D eigenvalue weighted by atomic mass is 10.1. The molecule has 1 heterocycles. The van der Waals surface area contributed by atoms with Crippen molar-refractivity contribution in [3.05, 3.63) is 75.8 Å². The molecule has 0 fully saturated rings. The summed E-state index contributed by atoms with van der Waals surface area (Å²) in [5, 5.41) is 8.13. The van der Waals surface area contributed by atoms with E-state index in [1.54, 1.807) is 23.6 Å². The van der Waals surface area contributed by atoms with Gasteiger partial charge in [-0.3, -0.25) is 9.59 Å². The van der Waals surface area contributed by atoms with Gasteiger partial charge in [-0.2, -0.15) is 0 Å². The van der Waals surface area contributed by atoms with E-state index < -0.39 is 0 Å². The summed E-state index contributed by atoms with van der Waals surface area (Å²) in [5.41, 5.74) is 2.77. The van der Waals surface area contributed by atoms with Gasteiger partial charge in [0.05, 0.1) is 0 Å². The number of hydrogen-bond acceptors (Lipinski definition) is 4. The Balaban J connectivity index is 1.56. The molecule has 0 saturated heterocycles. The molecule has 0 radical (unpaired) electrons. The van der Waals surface area contributed by atoms with Gasteiger partial charge in [-0.25, -0.2) is 4.98 Å². The van der Waals surface area contributed by atoms with E-state index in [-0.39, 0.29) is 17.5 Å². The molecule has 0 aliphatic carbocycles. The monoisotopic (exact) mass is 399 g/mol. The Bertz CT molecular complexity index is 957. The molecular formula is C20H18ClN3O2S. The van der Waals surface area contributed by atoms with Crippen molar-refractivity contribution >= 4 is 45.6 Å². The normalized spacial score (nSPS) is 10.4. The quantitative estimate of drug-likeness (QED) is 0.617. The van der Waals surface area contributed by atoms with Crippen molar-refractivity contribution in [3.63, 3.8) is 0 Å². The Morgan fingerprint density at radius 1 is 1.07 bits per heavy atom. The van der Waals surface area contributed by atoms with Crippen molar-refractivity contribution in [1.29, 1.82) is 0 Å². The van der Waals surface area contributed by atoms with Crippen LogP contribution in [-0.4, -0.2) is 16.8 Å². The fourth-order valence-corrected chi connectivity index (χ4v) is 3.33. The van der Waals surface area contributed by atoms with Gasteiger partial charge >= 0.3 is 0 Å². The predicted molar refractivity (Wildman–Crippen MR) is 110 cm³/mol. The molecule has 0 unspecified atom stereocenters. The van der Waals surface area contributed by atoms with Crippen molar-refractivity contribution in [3.8, 4) is 0 Å². The van der Waals surface area contributed by atoms with E-state index in [1.807, 2.05) is 37.3 Å². The molecule has 0 aliphatic heterocycles. The average molecular weight is 400 g/mol. The van der Waals surface area contributed by atoms with Crippen LogP contribution in [0.5, 0.6) is 0 Å². The summed E-state index contributed by atoms with van der Waals surface area (Å²) in [7, 11) is 0. The number of thiazole rings is 1. The number of nitrogens with one attached hydrogen (secondary N) is 2. The lowest BCUT2D eigenvalue weighted by molar-refractivity contribution is -0.116. The second kappa shape index (κ2) is 8.79. The molecule has 0 spiro atoms. The highest BCUT2D eigenvalue weighted by atomic mass is 35.5. The highest BCUT2D eigenvalue weighted by molar-refractivity contribution is 7.14. The average Bonchev–Trinajstić information content (AvgIpc) is 3.13. The highest BCUT2D eigenvalue weighted by Crippen LogP contribution is 2.24. The molecule has 0 bridgehead atoms. The number of carbonyl (C=O) groups is 2. The zero-order chi connectivity index (χ0) is 19.2. The van der Waals surface area contributed by atoms with Crippen molar-refractivity contribution in [2.24, 2.45) is 0 Å². The molecule has 2 aromatic carbocycles. The third-order valence-electron chi connectivity index (χ3n) is 3.98. The molecule has 3 rings (SSSR count). The summed E-state index contributed by atoms with van der Waals surface area (Å²) in [4.78, 5) is 28.6. The SMILES string of the molecule is Cc1c(Cl)cccc1NC(=O)c1csc(NC(=O)CCc2ccccc2)n1. The van der Waals surface area contributed by atoms with E-state index in [0.29, 0.717) is 28.7 Å². The topological polar surface area (TPSA) is 71.1 Å². The van der Waals surface area contributed by atoms with Gasteiger partial charge in [0.15, 0.2) is 5.13 Å². The Kier molecular flexibility index (Phi) is 6.21. The number of aryl methyl sites for hydroxylation is 1. The Hall–Kier alpha value is -2.70. The number of hydrogen-bond donors (Lipinski definition) is 2. The predicted octanol–water partition coefficient (Wildman–Crippen LogP) is 4.93. The van der Waals surface area contributed by atoms with Crippen molar-refractivity contribution in [2.75, 3.05) is 10.6 Å². The fourth-order valence-electron chi connectivity index (χ4n) is 2.45. The third-order valence-corrected chi connectivity index (χ3v) is 5.15. The maximum absolute atomic E-state index is 12.4. The van der Waals surface area contributed by atoms with E-state index in [4.69, 9.17) is 11.6 Å².